The van der Waals surface area contributed by atoms with E-state index in [1.165, 1.54) is 0 Å². The minimum Gasteiger partial charge on any atom is -0.481 e. The number of aliphatic carboxylic acids is 1. The molecule has 1 atom stereocenters. The first kappa shape index (κ1) is 12.2. The number of carboxylic acid groups (broad SMARTS) is 1. The third kappa shape index (κ3) is 9.08. The summed E-state index contributed by atoms with van der Waals surface area (Å²) in [5.41, 5.74) is 0. The van der Waals surface area contributed by atoms with Crippen LogP contribution in [-0.2, 0) is 4.79 Å². The molecule has 2 N–H and O–H groups in total. The standard InChI is InChI=1S/C10H18O3/c1-2-3-4-5-6-9(11)7-8-10(12)13/h2,9,11H,1,3-8H2,(H,12,13). The molecule has 3 heteroatoms. The fraction of sp³-hybridized carbons (Fsp3) is 0.700. The fourth-order valence-corrected chi connectivity index (χ4v) is 1.10. The normalized spacial score (nSPS) is 12.4. The summed E-state index contributed by atoms with van der Waals surface area (Å²) in [7, 11) is 0. The number of aliphatic hydroxyl groups is 1. The Hall–Kier alpha value is -0.830. The Morgan fingerprint density at radius 1 is 1.38 bits per heavy atom. The minimum atomic E-state index is -0.842. The van der Waals surface area contributed by atoms with Crippen LogP contribution in [0.1, 0.15) is 38.5 Å². The zero-order valence-corrected chi connectivity index (χ0v) is 7.91. The van der Waals surface area contributed by atoms with Gasteiger partial charge in [-0.3, -0.25) is 4.79 Å². The maximum Gasteiger partial charge on any atom is 0.303 e. The van der Waals surface area contributed by atoms with Crippen molar-refractivity contribution in [3.05, 3.63) is 12.7 Å². The van der Waals surface area contributed by atoms with E-state index >= 15 is 0 Å². The lowest BCUT2D eigenvalue weighted by Crippen LogP contribution is -2.09. The topological polar surface area (TPSA) is 57.5 Å². The van der Waals surface area contributed by atoms with Gasteiger partial charge in [-0.25, -0.2) is 0 Å². The Morgan fingerprint density at radius 3 is 2.62 bits per heavy atom. The average molecular weight is 186 g/mol. The quantitative estimate of drug-likeness (QED) is 0.450. The summed E-state index contributed by atoms with van der Waals surface area (Å²) in [5.74, 6) is -0.842. The van der Waals surface area contributed by atoms with E-state index in [1.54, 1.807) is 0 Å². The first-order chi connectivity index (χ1) is 6.16. The van der Waals surface area contributed by atoms with Crippen LogP contribution in [0.4, 0.5) is 0 Å². The number of unbranched alkanes of at least 4 members (excludes halogenated alkanes) is 2. The van der Waals surface area contributed by atoms with Crippen molar-refractivity contribution in [2.75, 3.05) is 0 Å². The van der Waals surface area contributed by atoms with Gasteiger partial charge >= 0.3 is 5.97 Å². The van der Waals surface area contributed by atoms with Crippen LogP contribution in [0.2, 0.25) is 0 Å². The molecule has 0 heterocycles. The van der Waals surface area contributed by atoms with Crippen molar-refractivity contribution in [1.82, 2.24) is 0 Å². The summed E-state index contributed by atoms with van der Waals surface area (Å²) >= 11 is 0. The number of aliphatic hydroxyl groups excluding tert-OH is 1. The van der Waals surface area contributed by atoms with Gasteiger partial charge in [-0.2, -0.15) is 0 Å². The second kappa shape index (κ2) is 7.80. The Balaban J connectivity index is 3.24. The van der Waals surface area contributed by atoms with Crippen LogP contribution < -0.4 is 0 Å². The summed E-state index contributed by atoms with van der Waals surface area (Å²) in [6, 6.07) is 0. The van der Waals surface area contributed by atoms with Crippen LogP contribution in [-0.4, -0.2) is 22.3 Å². The monoisotopic (exact) mass is 186 g/mol. The molecule has 3 nitrogen and oxygen atoms in total. The van der Waals surface area contributed by atoms with Crippen molar-refractivity contribution in [2.24, 2.45) is 0 Å². The van der Waals surface area contributed by atoms with E-state index < -0.39 is 12.1 Å². The third-order valence-corrected chi connectivity index (χ3v) is 1.89. The average Bonchev–Trinajstić information content (AvgIpc) is 2.09. The maximum atomic E-state index is 10.2. The van der Waals surface area contributed by atoms with Gasteiger partial charge < -0.3 is 10.2 Å². The van der Waals surface area contributed by atoms with Crippen LogP contribution in [0.15, 0.2) is 12.7 Å². The number of allylic oxidation sites excluding steroid dienone is 1. The van der Waals surface area contributed by atoms with Gasteiger partial charge in [0.25, 0.3) is 0 Å². The minimum absolute atomic E-state index is 0.0582. The van der Waals surface area contributed by atoms with Crippen molar-refractivity contribution in [3.8, 4) is 0 Å². The molecule has 0 aliphatic carbocycles. The predicted octanol–water partition coefficient (Wildman–Crippen LogP) is 1.96. The number of carbonyl (C=O) groups is 1. The molecule has 0 amide bonds. The highest BCUT2D eigenvalue weighted by molar-refractivity contribution is 5.66. The molecule has 0 spiro atoms. The molecule has 13 heavy (non-hydrogen) atoms. The van der Waals surface area contributed by atoms with E-state index in [2.05, 4.69) is 6.58 Å². The number of hydrogen-bond acceptors (Lipinski definition) is 2. The van der Waals surface area contributed by atoms with Crippen LogP contribution in [0.25, 0.3) is 0 Å². The van der Waals surface area contributed by atoms with Crippen molar-refractivity contribution in [2.45, 2.75) is 44.6 Å². The van der Waals surface area contributed by atoms with Gasteiger partial charge in [0.05, 0.1) is 6.10 Å². The van der Waals surface area contributed by atoms with E-state index in [1.807, 2.05) is 6.08 Å². The lowest BCUT2D eigenvalue weighted by atomic mass is 10.1. The Morgan fingerprint density at radius 2 is 2.08 bits per heavy atom. The lowest BCUT2D eigenvalue weighted by Gasteiger charge is -2.07. The summed E-state index contributed by atoms with van der Waals surface area (Å²) < 4.78 is 0. The molecule has 0 aliphatic rings. The highest BCUT2D eigenvalue weighted by Gasteiger charge is 2.06. The van der Waals surface area contributed by atoms with Crippen LogP contribution >= 0.6 is 0 Å². The van der Waals surface area contributed by atoms with Gasteiger partial charge in [-0.05, 0) is 25.7 Å². The van der Waals surface area contributed by atoms with Crippen molar-refractivity contribution >= 4 is 5.97 Å². The number of rotatable bonds is 8. The van der Waals surface area contributed by atoms with Crippen molar-refractivity contribution in [3.63, 3.8) is 0 Å². The molecule has 0 saturated carbocycles. The first-order valence-electron chi connectivity index (χ1n) is 4.67. The molecule has 0 aromatic heterocycles. The van der Waals surface area contributed by atoms with Crippen LogP contribution in [0, 0.1) is 0 Å². The van der Waals surface area contributed by atoms with Crippen molar-refractivity contribution < 1.29 is 15.0 Å². The first-order valence-corrected chi connectivity index (χ1v) is 4.67. The molecule has 0 aliphatic heterocycles. The summed E-state index contributed by atoms with van der Waals surface area (Å²) in [6.07, 6.45) is 5.43. The fourth-order valence-electron chi connectivity index (χ4n) is 1.10. The molecule has 0 fully saturated rings. The smallest absolute Gasteiger partial charge is 0.303 e. The lowest BCUT2D eigenvalue weighted by molar-refractivity contribution is -0.137. The van der Waals surface area contributed by atoms with Gasteiger partial charge in [0.2, 0.25) is 0 Å². The molecule has 1 unspecified atom stereocenters. The SMILES string of the molecule is C=CCCCCC(O)CCC(=O)O. The molecule has 0 aromatic carbocycles. The molecule has 0 rings (SSSR count). The van der Waals surface area contributed by atoms with Gasteiger partial charge in [-0.1, -0.05) is 12.5 Å². The second-order valence-electron chi connectivity index (χ2n) is 3.16. The van der Waals surface area contributed by atoms with E-state index in [4.69, 9.17) is 5.11 Å². The number of carboxylic acids is 1. The predicted molar refractivity (Wildman–Crippen MR) is 51.5 cm³/mol. The maximum absolute atomic E-state index is 10.2. The Kier molecular flexibility index (Phi) is 7.30. The zero-order valence-electron chi connectivity index (χ0n) is 7.91. The molecule has 0 radical (unpaired) electrons. The van der Waals surface area contributed by atoms with E-state index in [9.17, 15) is 9.90 Å². The Labute approximate surface area is 79.1 Å². The summed E-state index contributed by atoms with van der Waals surface area (Å²) in [5, 5.41) is 17.7. The third-order valence-electron chi connectivity index (χ3n) is 1.89. The van der Waals surface area contributed by atoms with Crippen LogP contribution in [0.5, 0.6) is 0 Å². The second-order valence-corrected chi connectivity index (χ2v) is 3.16. The molecular weight excluding hydrogens is 168 g/mol. The molecular formula is C10H18O3. The van der Waals surface area contributed by atoms with Gasteiger partial charge in [0.1, 0.15) is 0 Å². The van der Waals surface area contributed by atoms with Gasteiger partial charge in [-0.15, -0.1) is 6.58 Å². The van der Waals surface area contributed by atoms with Gasteiger partial charge in [0, 0.05) is 6.42 Å². The highest BCUT2D eigenvalue weighted by atomic mass is 16.4. The van der Waals surface area contributed by atoms with E-state index in [-0.39, 0.29) is 6.42 Å². The van der Waals surface area contributed by atoms with E-state index in [0.717, 1.165) is 19.3 Å². The number of hydrogen-bond donors (Lipinski definition) is 2. The molecule has 0 aromatic rings. The molecule has 0 saturated heterocycles. The Bertz CT molecular complexity index is 154. The van der Waals surface area contributed by atoms with Crippen molar-refractivity contribution in [1.29, 1.82) is 0 Å². The molecule has 0 bridgehead atoms. The summed E-state index contributed by atoms with van der Waals surface area (Å²) in [6.45, 7) is 3.60. The highest BCUT2D eigenvalue weighted by Crippen LogP contribution is 2.08. The summed E-state index contributed by atoms with van der Waals surface area (Å²) in [4.78, 5) is 10.2. The molecule has 76 valence electrons. The largest absolute Gasteiger partial charge is 0.481 e. The zero-order chi connectivity index (χ0) is 10.1. The van der Waals surface area contributed by atoms with Gasteiger partial charge in [0.15, 0.2) is 0 Å². The van der Waals surface area contributed by atoms with E-state index in [0.29, 0.717) is 12.8 Å². The van der Waals surface area contributed by atoms with Crippen LogP contribution in [0.3, 0.4) is 0 Å².